The summed E-state index contributed by atoms with van der Waals surface area (Å²) < 4.78 is 0. The van der Waals surface area contributed by atoms with E-state index in [2.05, 4.69) is 11.5 Å². The van der Waals surface area contributed by atoms with Gasteiger partial charge in [-0.1, -0.05) is 82.4 Å². The number of carbonyl (C=O) groups is 2. The minimum absolute atomic E-state index is 0.0607. The zero-order valence-electron chi connectivity index (χ0n) is 16.2. The molecule has 0 unspecified atom stereocenters. The van der Waals surface area contributed by atoms with Gasteiger partial charge in [0.2, 0.25) is 5.91 Å². The van der Waals surface area contributed by atoms with Crippen LogP contribution < -0.4 is 22.5 Å². The maximum absolute atomic E-state index is 10.9. The molecule has 0 radical (unpaired) electrons. The average molecular weight is 367 g/mol. The zero-order chi connectivity index (χ0) is 19.3. The quantitative estimate of drug-likeness (QED) is 0.0788. The van der Waals surface area contributed by atoms with Crippen molar-refractivity contribution in [2.75, 3.05) is 0 Å². The SMILES string of the molecule is NNC(=O)/C=C/C=C/CCCCCCCCCCCCCCC(=O)NN. The van der Waals surface area contributed by atoms with Crippen molar-refractivity contribution in [2.45, 2.75) is 89.9 Å². The molecule has 0 spiro atoms. The molecule has 0 saturated heterocycles. The van der Waals surface area contributed by atoms with Crippen LogP contribution in [0.25, 0.3) is 0 Å². The maximum Gasteiger partial charge on any atom is 0.257 e. The Labute approximate surface area is 158 Å². The third kappa shape index (κ3) is 18.7. The summed E-state index contributed by atoms with van der Waals surface area (Å²) in [5.74, 6) is 9.66. The molecule has 150 valence electrons. The van der Waals surface area contributed by atoms with E-state index < -0.39 is 0 Å². The van der Waals surface area contributed by atoms with E-state index in [1.54, 1.807) is 6.08 Å². The molecule has 2 amide bonds. The zero-order valence-corrected chi connectivity index (χ0v) is 16.2. The fourth-order valence-corrected chi connectivity index (χ4v) is 2.75. The standard InChI is InChI=1S/C20H38N4O2/c21-23-19(25)17-15-13-11-9-7-5-3-1-2-4-6-8-10-12-14-16-18-20(26)24-22/h11,13,15,17H,1-10,12,14,16,18,21-22H2,(H,23,25)(H,24,26)/b13-11+,17-15+. The van der Waals surface area contributed by atoms with Gasteiger partial charge in [0.15, 0.2) is 0 Å². The van der Waals surface area contributed by atoms with Crippen LogP contribution in [0.4, 0.5) is 0 Å². The van der Waals surface area contributed by atoms with E-state index in [-0.39, 0.29) is 11.8 Å². The van der Waals surface area contributed by atoms with Crippen LogP contribution in [-0.2, 0) is 9.59 Å². The summed E-state index contributed by atoms with van der Waals surface area (Å²) in [6.07, 6.45) is 23.7. The Morgan fingerprint density at radius 2 is 1.15 bits per heavy atom. The number of hydrogen-bond acceptors (Lipinski definition) is 4. The largest absolute Gasteiger partial charge is 0.294 e. The Morgan fingerprint density at radius 3 is 1.65 bits per heavy atom. The number of hydrogen-bond donors (Lipinski definition) is 4. The molecular formula is C20H38N4O2. The average Bonchev–Trinajstić information content (AvgIpc) is 2.66. The summed E-state index contributed by atoms with van der Waals surface area (Å²) in [6.45, 7) is 0. The summed E-state index contributed by atoms with van der Waals surface area (Å²) in [7, 11) is 0. The number of hydrazine groups is 2. The molecule has 0 aliphatic heterocycles. The minimum Gasteiger partial charge on any atom is -0.294 e. The first kappa shape index (κ1) is 24.3. The van der Waals surface area contributed by atoms with E-state index in [1.165, 1.54) is 70.3 Å². The second-order valence-corrected chi connectivity index (χ2v) is 6.64. The van der Waals surface area contributed by atoms with Crippen LogP contribution in [0.3, 0.4) is 0 Å². The van der Waals surface area contributed by atoms with Crippen molar-refractivity contribution < 1.29 is 9.59 Å². The minimum atomic E-state index is -0.286. The lowest BCUT2D eigenvalue weighted by atomic mass is 10.0. The van der Waals surface area contributed by atoms with E-state index in [9.17, 15) is 9.59 Å². The van der Waals surface area contributed by atoms with Gasteiger partial charge in [0, 0.05) is 12.5 Å². The third-order valence-electron chi connectivity index (χ3n) is 4.32. The lowest BCUT2D eigenvalue weighted by Crippen LogP contribution is -2.29. The van der Waals surface area contributed by atoms with Crippen LogP contribution in [-0.4, -0.2) is 11.8 Å². The number of nitrogens with one attached hydrogen (secondary N) is 2. The first-order valence-corrected chi connectivity index (χ1v) is 10.0. The molecule has 6 nitrogen and oxygen atoms in total. The highest BCUT2D eigenvalue weighted by Gasteiger charge is 1.97. The highest BCUT2D eigenvalue weighted by Crippen LogP contribution is 2.13. The van der Waals surface area contributed by atoms with Crippen molar-refractivity contribution in [2.24, 2.45) is 11.7 Å². The molecule has 0 bridgehead atoms. The molecular weight excluding hydrogens is 328 g/mol. The van der Waals surface area contributed by atoms with Crippen molar-refractivity contribution in [1.29, 1.82) is 0 Å². The fourth-order valence-electron chi connectivity index (χ4n) is 2.75. The van der Waals surface area contributed by atoms with Crippen molar-refractivity contribution in [3.8, 4) is 0 Å². The van der Waals surface area contributed by atoms with Crippen LogP contribution in [0.15, 0.2) is 24.3 Å². The molecule has 0 aromatic carbocycles. The summed E-state index contributed by atoms with van der Waals surface area (Å²) in [5, 5.41) is 0. The highest BCUT2D eigenvalue weighted by molar-refractivity contribution is 5.87. The van der Waals surface area contributed by atoms with Gasteiger partial charge in [-0.15, -0.1) is 0 Å². The van der Waals surface area contributed by atoms with Crippen LogP contribution >= 0.6 is 0 Å². The monoisotopic (exact) mass is 366 g/mol. The van der Waals surface area contributed by atoms with Gasteiger partial charge >= 0.3 is 0 Å². The Hall–Kier alpha value is -1.66. The number of carbonyl (C=O) groups excluding carboxylic acids is 2. The van der Waals surface area contributed by atoms with Gasteiger partial charge in [-0.05, 0) is 19.3 Å². The second kappa shape index (κ2) is 19.7. The van der Waals surface area contributed by atoms with Gasteiger partial charge in [-0.25, -0.2) is 11.7 Å². The van der Waals surface area contributed by atoms with Gasteiger partial charge in [0.1, 0.15) is 0 Å². The predicted molar refractivity (Wildman–Crippen MR) is 108 cm³/mol. The second-order valence-electron chi connectivity index (χ2n) is 6.64. The van der Waals surface area contributed by atoms with Gasteiger partial charge in [0.05, 0.1) is 0 Å². The molecule has 6 heteroatoms. The summed E-state index contributed by atoms with van der Waals surface area (Å²) >= 11 is 0. The molecule has 0 atom stereocenters. The molecule has 0 saturated carbocycles. The van der Waals surface area contributed by atoms with Crippen LogP contribution in [0, 0.1) is 0 Å². The fraction of sp³-hybridized carbons (Fsp3) is 0.700. The molecule has 0 aromatic heterocycles. The molecule has 0 aromatic rings. The van der Waals surface area contributed by atoms with Crippen LogP contribution in [0.2, 0.25) is 0 Å². The van der Waals surface area contributed by atoms with E-state index in [0.29, 0.717) is 6.42 Å². The van der Waals surface area contributed by atoms with E-state index >= 15 is 0 Å². The van der Waals surface area contributed by atoms with Crippen LogP contribution in [0.5, 0.6) is 0 Å². The van der Waals surface area contributed by atoms with E-state index in [1.807, 2.05) is 11.5 Å². The number of allylic oxidation sites excluding steroid dienone is 3. The third-order valence-corrected chi connectivity index (χ3v) is 4.32. The van der Waals surface area contributed by atoms with Gasteiger partial charge in [-0.2, -0.15) is 0 Å². The van der Waals surface area contributed by atoms with E-state index in [4.69, 9.17) is 11.7 Å². The Morgan fingerprint density at radius 1 is 0.654 bits per heavy atom. The Bertz CT molecular complexity index is 409. The predicted octanol–water partition coefficient (Wildman–Crippen LogP) is 3.54. The normalized spacial score (nSPS) is 11.3. The molecule has 0 heterocycles. The summed E-state index contributed by atoms with van der Waals surface area (Å²) in [5.41, 5.74) is 4.21. The maximum atomic E-state index is 10.9. The van der Waals surface area contributed by atoms with Crippen molar-refractivity contribution in [3.05, 3.63) is 24.3 Å². The van der Waals surface area contributed by atoms with Crippen molar-refractivity contribution in [3.63, 3.8) is 0 Å². The Balaban J connectivity index is 3.18. The van der Waals surface area contributed by atoms with Crippen LogP contribution in [0.1, 0.15) is 89.9 Å². The first-order chi connectivity index (χ1) is 12.7. The van der Waals surface area contributed by atoms with Crippen molar-refractivity contribution >= 4 is 11.8 Å². The number of unbranched alkanes of at least 4 members (excludes halogenated alkanes) is 12. The van der Waals surface area contributed by atoms with Crippen molar-refractivity contribution in [1.82, 2.24) is 10.9 Å². The molecule has 0 rings (SSSR count). The molecule has 26 heavy (non-hydrogen) atoms. The number of amides is 2. The smallest absolute Gasteiger partial charge is 0.257 e. The summed E-state index contributed by atoms with van der Waals surface area (Å²) in [4.78, 5) is 21.8. The highest BCUT2D eigenvalue weighted by atomic mass is 16.2. The molecule has 0 aliphatic carbocycles. The van der Waals surface area contributed by atoms with Gasteiger partial charge in [-0.3, -0.25) is 20.4 Å². The number of nitrogens with two attached hydrogens (primary N) is 2. The lowest BCUT2D eigenvalue weighted by molar-refractivity contribution is -0.121. The number of rotatable bonds is 17. The van der Waals surface area contributed by atoms with E-state index in [0.717, 1.165) is 19.3 Å². The Kier molecular flexibility index (Phi) is 18.4. The lowest BCUT2D eigenvalue weighted by Gasteiger charge is -2.03. The topological polar surface area (TPSA) is 110 Å². The molecule has 0 aliphatic rings. The molecule has 6 N–H and O–H groups in total. The molecule has 0 fully saturated rings. The van der Waals surface area contributed by atoms with Gasteiger partial charge < -0.3 is 0 Å². The summed E-state index contributed by atoms with van der Waals surface area (Å²) in [6, 6.07) is 0. The first-order valence-electron chi connectivity index (χ1n) is 10.0. The van der Waals surface area contributed by atoms with Gasteiger partial charge in [0.25, 0.3) is 5.91 Å².